The molecule has 0 saturated heterocycles. The van der Waals surface area contributed by atoms with E-state index in [0.717, 1.165) is 11.1 Å². The van der Waals surface area contributed by atoms with Gasteiger partial charge in [-0.2, -0.15) is 18.3 Å². The fourth-order valence-corrected chi connectivity index (χ4v) is 1.23. The number of carboxylic acids is 1. The second kappa shape index (κ2) is 5.07. The first kappa shape index (κ1) is 14.0. The van der Waals surface area contributed by atoms with Crippen molar-refractivity contribution in [2.24, 2.45) is 0 Å². The van der Waals surface area contributed by atoms with Crippen LogP contribution < -0.4 is 0 Å². The number of rotatable bonds is 4. The molecule has 0 aliphatic heterocycles. The van der Waals surface area contributed by atoms with Crippen LogP contribution in [-0.2, 0) is 11.0 Å². The summed E-state index contributed by atoms with van der Waals surface area (Å²) >= 11 is 0. The van der Waals surface area contributed by atoms with Crippen LogP contribution in [0.5, 0.6) is 0 Å². The van der Waals surface area contributed by atoms with Gasteiger partial charge in [0.15, 0.2) is 5.69 Å². The lowest BCUT2D eigenvalue weighted by Crippen LogP contribution is -2.30. The van der Waals surface area contributed by atoms with Crippen molar-refractivity contribution < 1.29 is 27.9 Å². The standard InChI is InChI=1S/C9H10F3N3O3/c1-15(3-2-6(16)17)8(18)5-4-13-14-7(5)9(10,11)12/h4H,2-3H2,1H3,(H,13,14)(H,16,17). The molecule has 1 heterocycles. The summed E-state index contributed by atoms with van der Waals surface area (Å²) in [6.07, 6.45) is -4.29. The number of amides is 1. The molecule has 9 heteroatoms. The van der Waals surface area contributed by atoms with Gasteiger partial charge in [-0.15, -0.1) is 0 Å². The van der Waals surface area contributed by atoms with Crippen LogP contribution in [0.25, 0.3) is 0 Å². The Hall–Kier alpha value is -2.06. The van der Waals surface area contributed by atoms with E-state index in [0.29, 0.717) is 0 Å². The van der Waals surface area contributed by atoms with E-state index in [4.69, 9.17) is 5.11 Å². The lowest BCUT2D eigenvalue weighted by atomic mass is 10.2. The molecule has 6 nitrogen and oxygen atoms in total. The molecule has 0 bridgehead atoms. The topological polar surface area (TPSA) is 86.3 Å². The number of nitrogens with zero attached hydrogens (tertiary/aromatic N) is 2. The van der Waals surface area contributed by atoms with Crippen LogP contribution in [0.15, 0.2) is 6.20 Å². The minimum Gasteiger partial charge on any atom is -0.481 e. The quantitative estimate of drug-likeness (QED) is 0.849. The summed E-state index contributed by atoms with van der Waals surface area (Å²) in [7, 11) is 1.22. The Morgan fingerprint density at radius 2 is 2.11 bits per heavy atom. The lowest BCUT2D eigenvalue weighted by molar-refractivity contribution is -0.141. The molecule has 1 amide bonds. The Kier molecular flexibility index (Phi) is 3.94. The first-order valence-corrected chi connectivity index (χ1v) is 4.81. The van der Waals surface area contributed by atoms with E-state index in [-0.39, 0.29) is 13.0 Å². The van der Waals surface area contributed by atoms with E-state index in [9.17, 15) is 22.8 Å². The van der Waals surface area contributed by atoms with Gasteiger partial charge in [0.25, 0.3) is 5.91 Å². The summed E-state index contributed by atoms with van der Waals surface area (Å²) < 4.78 is 37.5. The van der Waals surface area contributed by atoms with E-state index in [2.05, 4.69) is 5.10 Å². The third kappa shape index (κ3) is 3.22. The van der Waals surface area contributed by atoms with Crippen molar-refractivity contribution in [2.75, 3.05) is 13.6 Å². The fraction of sp³-hybridized carbons (Fsp3) is 0.444. The van der Waals surface area contributed by atoms with Crippen molar-refractivity contribution in [3.05, 3.63) is 17.5 Å². The number of alkyl halides is 3. The van der Waals surface area contributed by atoms with Crippen molar-refractivity contribution in [2.45, 2.75) is 12.6 Å². The zero-order valence-electron chi connectivity index (χ0n) is 9.28. The minimum absolute atomic E-state index is 0.184. The molecule has 0 aromatic carbocycles. The van der Waals surface area contributed by atoms with Gasteiger partial charge >= 0.3 is 12.1 Å². The van der Waals surface area contributed by atoms with Gasteiger partial charge in [-0.3, -0.25) is 14.7 Å². The highest BCUT2D eigenvalue weighted by atomic mass is 19.4. The summed E-state index contributed by atoms with van der Waals surface area (Å²) in [5.41, 5.74) is -1.87. The average Bonchev–Trinajstić information content (AvgIpc) is 2.72. The zero-order valence-corrected chi connectivity index (χ0v) is 9.28. The monoisotopic (exact) mass is 265 g/mol. The van der Waals surface area contributed by atoms with Crippen LogP contribution in [0.2, 0.25) is 0 Å². The van der Waals surface area contributed by atoms with Gasteiger partial charge in [0.05, 0.1) is 18.2 Å². The summed E-state index contributed by atoms with van der Waals surface area (Å²) in [5, 5.41) is 13.3. The molecule has 1 aromatic rings. The number of halogens is 3. The summed E-state index contributed by atoms with van der Waals surface area (Å²) in [6, 6.07) is 0. The lowest BCUT2D eigenvalue weighted by Gasteiger charge is -2.16. The smallest absolute Gasteiger partial charge is 0.433 e. The van der Waals surface area contributed by atoms with E-state index < -0.39 is 29.3 Å². The molecule has 18 heavy (non-hydrogen) atoms. The van der Waals surface area contributed by atoms with Crippen LogP contribution in [0.4, 0.5) is 13.2 Å². The maximum absolute atomic E-state index is 12.5. The Bertz CT molecular complexity index is 455. The largest absolute Gasteiger partial charge is 0.481 e. The summed E-state index contributed by atoms with van der Waals surface area (Å²) in [5.74, 6) is -2.07. The van der Waals surface area contributed by atoms with Crippen LogP contribution in [0.3, 0.4) is 0 Å². The molecule has 1 aromatic heterocycles. The van der Waals surface area contributed by atoms with Crippen molar-refractivity contribution >= 4 is 11.9 Å². The highest BCUT2D eigenvalue weighted by Gasteiger charge is 2.38. The highest BCUT2D eigenvalue weighted by Crippen LogP contribution is 2.30. The molecule has 0 fully saturated rings. The van der Waals surface area contributed by atoms with Gasteiger partial charge in [0, 0.05) is 13.6 Å². The van der Waals surface area contributed by atoms with Crippen LogP contribution in [0.1, 0.15) is 22.5 Å². The normalized spacial score (nSPS) is 11.3. The van der Waals surface area contributed by atoms with Crippen molar-refractivity contribution in [1.29, 1.82) is 0 Å². The Labute approximate surface area is 99.4 Å². The number of carboxylic acid groups (broad SMARTS) is 1. The maximum Gasteiger partial charge on any atom is 0.433 e. The number of H-pyrrole nitrogens is 1. The number of carbonyl (C=O) groups is 2. The number of hydrogen-bond acceptors (Lipinski definition) is 3. The highest BCUT2D eigenvalue weighted by molar-refractivity contribution is 5.95. The number of aromatic nitrogens is 2. The molecule has 0 aliphatic rings. The van der Waals surface area contributed by atoms with Crippen molar-refractivity contribution in [1.82, 2.24) is 15.1 Å². The third-order valence-corrected chi connectivity index (χ3v) is 2.16. The molecule has 0 spiro atoms. The van der Waals surface area contributed by atoms with Crippen LogP contribution >= 0.6 is 0 Å². The number of carbonyl (C=O) groups excluding carboxylic acids is 1. The van der Waals surface area contributed by atoms with E-state index in [1.165, 1.54) is 7.05 Å². The van der Waals surface area contributed by atoms with Gasteiger partial charge in [-0.25, -0.2) is 0 Å². The van der Waals surface area contributed by atoms with Crippen molar-refractivity contribution in [3.8, 4) is 0 Å². The number of aliphatic carboxylic acids is 1. The molecule has 2 N–H and O–H groups in total. The molecule has 100 valence electrons. The third-order valence-electron chi connectivity index (χ3n) is 2.16. The Morgan fingerprint density at radius 1 is 1.50 bits per heavy atom. The van der Waals surface area contributed by atoms with Crippen molar-refractivity contribution in [3.63, 3.8) is 0 Å². The predicted molar refractivity (Wildman–Crippen MR) is 52.8 cm³/mol. The molecule has 0 unspecified atom stereocenters. The van der Waals surface area contributed by atoms with E-state index in [1.807, 2.05) is 0 Å². The predicted octanol–water partition coefficient (Wildman–Crippen LogP) is 0.975. The first-order chi connectivity index (χ1) is 8.23. The Balaban J connectivity index is 2.85. The fourth-order valence-electron chi connectivity index (χ4n) is 1.23. The Morgan fingerprint density at radius 3 is 2.61 bits per heavy atom. The second-order valence-corrected chi connectivity index (χ2v) is 3.53. The molecular formula is C9H10F3N3O3. The van der Waals surface area contributed by atoms with E-state index >= 15 is 0 Å². The van der Waals surface area contributed by atoms with E-state index in [1.54, 1.807) is 5.10 Å². The van der Waals surface area contributed by atoms with Gasteiger partial charge in [0.2, 0.25) is 0 Å². The van der Waals surface area contributed by atoms with Gasteiger partial charge in [-0.1, -0.05) is 0 Å². The summed E-state index contributed by atoms with van der Waals surface area (Å²) in [6.45, 7) is -0.184. The van der Waals surface area contributed by atoms with Gasteiger partial charge in [-0.05, 0) is 0 Å². The first-order valence-electron chi connectivity index (χ1n) is 4.81. The molecule has 0 saturated carbocycles. The zero-order chi connectivity index (χ0) is 13.9. The second-order valence-electron chi connectivity index (χ2n) is 3.53. The average molecular weight is 265 g/mol. The number of aromatic amines is 1. The summed E-state index contributed by atoms with van der Waals surface area (Å²) in [4.78, 5) is 22.9. The number of nitrogens with one attached hydrogen (secondary N) is 1. The molecule has 0 radical (unpaired) electrons. The van der Waals surface area contributed by atoms with Gasteiger partial charge < -0.3 is 10.0 Å². The van der Waals surface area contributed by atoms with Gasteiger partial charge in [0.1, 0.15) is 0 Å². The molecule has 0 aliphatic carbocycles. The minimum atomic E-state index is -4.71. The SMILES string of the molecule is CN(CCC(=O)O)C(=O)c1cn[nH]c1C(F)(F)F. The molecular weight excluding hydrogens is 255 g/mol. The number of hydrogen-bond donors (Lipinski definition) is 2. The molecule has 1 rings (SSSR count). The molecule has 0 atom stereocenters. The van der Waals surface area contributed by atoms with Crippen LogP contribution in [-0.4, -0.2) is 45.7 Å². The maximum atomic E-state index is 12.5. The van der Waals surface area contributed by atoms with Crippen LogP contribution in [0, 0.1) is 0 Å².